The topological polar surface area (TPSA) is 9.23 Å². The molecule has 0 amide bonds. The molecule has 1 aliphatic heterocycles. The number of rotatable bonds is 1. The van der Waals surface area contributed by atoms with Gasteiger partial charge in [-0.1, -0.05) is 29.5 Å². The van der Waals surface area contributed by atoms with E-state index >= 15 is 0 Å². The van der Waals surface area contributed by atoms with Crippen molar-refractivity contribution in [3.8, 4) is 0 Å². The fourth-order valence-electron chi connectivity index (χ4n) is 0.965. The van der Waals surface area contributed by atoms with Gasteiger partial charge in [-0.05, 0) is 12.8 Å². The Bertz CT molecular complexity index is 66.9. The van der Waals surface area contributed by atoms with Crippen molar-refractivity contribution in [1.82, 2.24) is 0 Å². The summed E-state index contributed by atoms with van der Waals surface area (Å²) < 4.78 is 6.10. The predicted molar refractivity (Wildman–Crippen MR) is 42.5 cm³/mol. The Morgan fingerprint density at radius 1 is 1.75 bits per heavy atom. The first-order valence-electron chi connectivity index (χ1n) is 3.06. The Balaban J connectivity index is 2.24. The SMILES string of the molecule is CC(I)C1CCCO1. The first-order valence-corrected chi connectivity index (χ1v) is 4.31. The van der Waals surface area contributed by atoms with Gasteiger partial charge in [0.2, 0.25) is 0 Å². The van der Waals surface area contributed by atoms with Crippen LogP contribution in [0.15, 0.2) is 0 Å². The smallest absolute Gasteiger partial charge is 0.0690 e. The van der Waals surface area contributed by atoms with Crippen LogP contribution in [0.4, 0.5) is 0 Å². The molecule has 1 heterocycles. The van der Waals surface area contributed by atoms with Crippen LogP contribution in [-0.4, -0.2) is 16.6 Å². The molecule has 1 aliphatic rings. The zero-order chi connectivity index (χ0) is 5.98. The van der Waals surface area contributed by atoms with Crippen LogP contribution in [0.5, 0.6) is 0 Å². The standard InChI is InChI=1S/C6H11IO/c1-5(7)6-3-2-4-8-6/h5-6H,2-4H2,1H3. The Morgan fingerprint density at radius 3 is 2.75 bits per heavy atom. The third-order valence-corrected chi connectivity index (χ3v) is 2.28. The van der Waals surface area contributed by atoms with Gasteiger partial charge in [0, 0.05) is 10.5 Å². The molecule has 0 saturated carbocycles. The monoisotopic (exact) mass is 226 g/mol. The summed E-state index contributed by atoms with van der Waals surface area (Å²) in [6.45, 7) is 3.19. The van der Waals surface area contributed by atoms with Gasteiger partial charge < -0.3 is 4.74 Å². The number of alkyl halides is 1. The summed E-state index contributed by atoms with van der Waals surface area (Å²) in [6, 6.07) is 0. The van der Waals surface area contributed by atoms with E-state index in [2.05, 4.69) is 29.5 Å². The highest BCUT2D eigenvalue weighted by atomic mass is 127. The minimum Gasteiger partial charge on any atom is -0.377 e. The van der Waals surface area contributed by atoms with Crippen molar-refractivity contribution >= 4 is 22.6 Å². The molecule has 8 heavy (non-hydrogen) atoms. The average molecular weight is 226 g/mol. The molecule has 1 rings (SSSR count). The molecule has 0 aliphatic carbocycles. The highest BCUT2D eigenvalue weighted by Gasteiger charge is 2.19. The lowest BCUT2D eigenvalue weighted by Crippen LogP contribution is -2.14. The van der Waals surface area contributed by atoms with Gasteiger partial charge in [-0.25, -0.2) is 0 Å². The summed E-state index contributed by atoms with van der Waals surface area (Å²) in [5.74, 6) is 0. The molecule has 0 aromatic carbocycles. The Hall–Kier alpha value is 0.690. The van der Waals surface area contributed by atoms with E-state index in [-0.39, 0.29) is 0 Å². The average Bonchev–Trinajstić information content (AvgIpc) is 2.12. The van der Waals surface area contributed by atoms with Crippen LogP contribution in [0.1, 0.15) is 19.8 Å². The summed E-state index contributed by atoms with van der Waals surface area (Å²) in [5.41, 5.74) is 0. The summed E-state index contributed by atoms with van der Waals surface area (Å²) in [5, 5.41) is 0. The second kappa shape index (κ2) is 3.01. The van der Waals surface area contributed by atoms with Gasteiger partial charge in [0.15, 0.2) is 0 Å². The molecule has 0 spiro atoms. The molecule has 2 heteroatoms. The van der Waals surface area contributed by atoms with Crippen molar-refractivity contribution in [2.24, 2.45) is 0 Å². The van der Waals surface area contributed by atoms with E-state index in [0.29, 0.717) is 10.0 Å². The maximum atomic E-state index is 5.41. The normalized spacial score (nSPS) is 33.0. The fourth-order valence-corrected chi connectivity index (χ4v) is 1.53. The minimum atomic E-state index is 0.551. The number of ether oxygens (including phenoxy) is 1. The van der Waals surface area contributed by atoms with E-state index < -0.39 is 0 Å². The van der Waals surface area contributed by atoms with Crippen molar-refractivity contribution in [2.75, 3.05) is 6.61 Å². The lowest BCUT2D eigenvalue weighted by atomic mass is 10.2. The van der Waals surface area contributed by atoms with Gasteiger partial charge in [0.1, 0.15) is 0 Å². The van der Waals surface area contributed by atoms with Crippen molar-refractivity contribution in [3.05, 3.63) is 0 Å². The van der Waals surface area contributed by atoms with Crippen LogP contribution in [0.25, 0.3) is 0 Å². The van der Waals surface area contributed by atoms with Crippen molar-refractivity contribution in [1.29, 1.82) is 0 Å². The van der Waals surface area contributed by atoms with E-state index in [1.165, 1.54) is 12.8 Å². The summed E-state index contributed by atoms with van der Waals surface area (Å²) in [6.07, 6.45) is 3.08. The molecule has 0 N–H and O–H groups in total. The highest BCUT2D eigenvalue weighted by molar-refractivity contribution is 14.1. The third-order valence-electron chi connectivity index (χ3n) is 1.48. The third kappa shape index (κ3) is 1.58. The van der Waals surface area contributed by atoms with Gasteiger partial charge >= 0.3 is 0 Å². The lowest BCUT2D eigenvalue weighted by molar-refractivity contribution is 0.115. The molecule has 0 aromatic rings. The number of halogens is 1. The molecule has 0 radical (unpaired) electrons. The van der Waals surface area contributed by atoms with E-state index in [4.69, 9.17) is 4.74 Å². The fraction of sp³-hybridized carbons (Fsp3) is 1.00. The second-order valence-electron chi connectivity index (χ2n) is 2.23. The Labute approximate surface area is 63.9 Å². The predicted octanol–water partition coefficient (Wildman–Crippen LogP) is 1.99. The second-order valence-corrected chi connectivity index (χ2v) is 4.19. The van der Waals surface area contributed by atoms with Gasteiger partial charge in [-0.2, -0.15) is 0 Å². The molecular weight excluding hydrogens is 215 g/mol. The van der Waals surface area contributed by atoms with Crippen LogP contribution < -0.4 is 0 Å². The Morgan fingerprint density at radius 2 is 2.50 bits per heavy atom. The summed E-state index contributed by atoms with van der Waals surface area (Å²) >= 11 is 2.42. The molecule has 48 valence electrons. The summed E-state index contributed by atoms with van der Waals surface area (Å²) in [7, 11) is 0. The van der Waals surface area contributed by atoms with Crippen LogP contribution in [0.3, 0.4) is 0 Å². The van der Waals surface area contributed by atoms with Crippen LogP contribution in [0, 0.1) is 0 Å². The molecule has 0 bridgehead atoms. The molecule has 2 unspecified atom stereocenters. The summed E-state index contributed by atoms with van der Waals surface area (Å²) in [4.78, 5) is 0. The van der Waals surface area contributed by atoms with Crippen LogP contribution in [-0.2, 0) is 4.74 Å². The maximum Gasteiger partial charge on any atom is 0.0690 e. The quantitative estimate of drug-likeness (QED) is 0.490. The zero-order valence-corrected chi connectivity index (χ0v) is 7.22. The van der Waals surface area contributed by atoms with Gasteiger partial charge in [0.05, 0.1) is 6.10 Å². The maximum absolute atomic E-state index is 5.41. The van der Waals surface area contributed by atoms with E-state index in [1.54, 1.807) is 0 Å². The minimum absolute atomic E-state index is 0.551. The van der Waals surface area contributed by atoms with E-state index in [9.17, 15) is 0 Å². The molecule has 1 fully saturated rings. The zero-order valence-electron chi connectivity index (χ0n) is 5.06. The van der Waals surface area contributed by atoms with Crippen molar-refractivity contribution in [2.45, 2.75) is 29.8 Å². The van der Waals surface area contributed by atoms with E-state index in [1.807, 2.05) is 0 Å². The highest BCUT2D eigenvalue weighted by Crippen LogP contribution is 2.20. The number of hydrogen-bond acceptors (Lipinski definition) is 1. The van der Waals surface area contributed by atoms with Crippen LogP contribution in [0.2, 0.25) is 0 Å². The molecule has 2 atom stereocenters. The van der Waals surface area contributed by atoms with Gasteiger partial charge in [-0.3, -0.25) is 0 Å². The van der Waals surface area contributed by atoms with E-state index in [0.717, 1.165) is 6.61 Å². The number of hydrogen-bond donors (Lipinski definition) is 0. The van der Waals surface area contributed by atoms with Gasteiger partial charge in [-0.15, -0.1) is 0 Å². The first kappa shape index (κ1) is 6.81. The molecular formula is C6H11IO. The molecule has 0 aromatic heterocycles. The molecule has 1 saturated heterocycles. The molecule has 1 nitrogen and oxygen atoms in total. The van der Waals surface area contributed by atoms with Crippen LogP contribution >= 0.6 is 22.6 Å². The largest absolute Gasteiger partial charge is 0.377 e. The van der Waals surface area contributed by atoms with Crippen molar-refractivity contribution in [3.63, 3.8) is 0 Å². The first-order chi connectivity index (χ1) is 3.80. The lowest BCUT2D eigenvalue weighted by Gasteiger charge is -2.10. The van der Waals surface area contributed by atoms with Crippen molar-refractivity contribution < 1.29 is 4.74 Å². The Kier molecular flexibility index (Phi) is 2.56. The van der Waals surface area contributed by atoms with Gasteiger partial charge in [0.25, 0.3) is 0 Å².